The molecule has 0 spiro atoms. The fourth-order valence-electron chi connectivity index (χ4n) is 3.06. The van der Waals surface area contributed by atoms with Gasteiger partial charge < -0.3 is 20.3 Å². The zero-order chi connectivity index (χ0) is 19.8. The molecule has 148 valence electrons. The monoisotopic (exact) mass is 377 g/mol. The molecular weight excluding hydrogens is 348 g/mol. The first-order chi connectivity index (χ1) is 12.9. The topological polar surface area (TPSA) is 92.2 Å². The number of quaternary nitrogens is 1. The van der Waals surface area contributed by atoms with E-state index < -0.39 is 0 Å². The molecule has 0 atom stereocenters. The minimum atomic E-state index is -0.302. The Labute approximate surface area is 159 Å². The summed E-state index contributed by atoms with van der Waals surface area (Å²) in [5.74, 6) is -0.422. The number of nitrogens with zero attached hydrogens (tertiary/aromatic N) is 1. The highest BCUT2D eigenvalue weighted by Gasteiger charge is 2.25. The summed E-state index contributed by atoms with van der Waals surface area (Å²) in [6.45, 7) is 8.71. The number of rotatable bonds is 6. The molecule has 3 amide bonds. The highest BCUT2D eigenvalue weighted by molar-refractivity contribution is 5.95. The molecule has 1 saturated heterocycles. The van der Waals surface area contributed by atoms with Gasteiger partial charge in [0.2, 0.25) is 5.91 Å². The Morgan fingerprint density at radius 2 is 1.74 bits per heavy atom. The smallest absolute Gasteiger partial charge is 0.410 e. The van der Waals surface area contributed by atoms with Crippen molar-refractivity contribution < 1.29 is 24.0 Å². The Balaban J connectivity index is 1.71. The first-order valence-electron chi connectivity index (χ1n) is 9.28. The van der Waals surface area contributed by atoms with E-state index in [0.717, 1.165) is 21.7 Å². The summed E-state index contributed by atoms with van der Waals surface area (Å²) in [5.41, 5.74) is 2.76. The molecule has 8 nitrogen and oxygen atoms in total. The minimum Gasteiger partial charge on any atom is -0.450 e. The molecule has 0 aliphatic carbocycles. The molecule has 27 heavy (non-hydrogen) atoms. The third-order valence-corrected chi connectivity index (χ3v) is 4.60. The Morgan fingerprint density at radius 1 is 1.11 bits per heavy atom. The van der Waals surface area contributed by atoms with Gasteiger partial charge in [-0.05, 0) is 31.9 Å². The van der Waals surface area contributed by atoms with E-state index >= 15 is 0 Å². The number of amides is 3. The van der Waals surface area contributed by atoms with Gasteiger partial charge in [-0.1, -0.05) is 18.2 Å². The molecule has 0 unspecified atom stereocenters. The highest BCUT2D eigenvalue weighted by Crippen LogP contribution is 2.18. The molecule has 1 aliphatic rings. The fraction of sp³-hybridized carbons (Fsp3) is 0.526. The third kappa shape index (κ3) is 6.25. The summed E-state index contributed by atoms with van der Waals surface area (Å²) in [7, 11) is 0. The fourth-order valence-corrected chi connectivity index (χ4v) is 3.06. The van der Waals surface area contributed by atoms with E-state index in [2.05, 4.69) is 10.6 Å². The van der Waals surface area contributed by atoms with Crippen molar-refractivity contribution in [2.75, 3.05) is 51.2 Å². The molecule has 1 heterocycles. The first-order valence-corrected chi connectivity index (χ1v) is 9.28. The molecular formula is C19H29N4O4+. The van der Waals surface area contributed by atoms with Crippen LogP contribution in [0, 0.1) is 13.8 Å². The van der Waals surface area contributed by atoms with E-state index in [-0.39, 0.29) is 31.0 Å². The van der Waals surface area contributed by atoms with Crippen molar-refractivity contribution in [3.8, 4) is 0 Å². The number of para-hydroxylation sites is 1. The van der Waals surface area contributed by atoms with Gasteiger partial charge in [0.1, 0.15) is 0 Å². The van der Waals surface area contributed by atoms with Crippen LogP contribution in [0.15, 0.2) is 18.2 Å². The average molecular weight is 377 g/mol. The van der Waals surface area contributed by atoms with Crippen LogP contribution in [0.3, 0.4) is 0 Å². The van der Waals surface area contributed by atoms with Crippen molar-refractivity contribution >= 4 is 23.6 Å². The van der Waals surface area contributed by atoms with Crippen LogP contribution in [0.2, 0.25) is 0 Å². The van der Waals surface area contributed by atoms with Gasteiger partial charge in [-0.2, -0.15) is 0 Å². The second-order valence-electron chi connectivity index (χ2n) is 6.70. The number of aryl methyl sites for hydroxylation is 2. The van der Waals surface area contributed by atoms with E-state index in [1.165, 1.54) is 0 Å². The molecule has 1 aromatic rings. The lowest BCUT2D eigenvalue weighted by Crippen LogP contribution is -3.15. The molecule has 1 aliphatic heterocycles. The van der Waals surface area contributed by atoms with Gasteiger partial charge in [0.15, 0.2) is 6.54 Å². The van der Waals surface area contributed by atoms with Crippen LogP contribution < -0.4 is 15.5 Å². The number of ether oxygens (including phenoxy) is 1. The predicted molar refractivity (Wildman–Crippen MR) is 102 cm³/mol. The second kappa shape index (κ2) is 9.91. The molecule has 0 saturated carbocycles. The van der Waals surface area contributed by atoms with E-state index in [4.69, 9.17) is 4.74 Å². The van der Waals surface area contributed by atoms with Crippen molar-refractivity contribution in [3.63, 3.8) is 0 Å². The molecule has 1 aromatic carbocycles. The van der Waals surface area contributed by atoms with Crippen molar-refractivity contribution in [3.05, 3.63) is 29.3 Å². The number of nitrogens with one attached hydrogen (secondary N) is 3. The molecule has 3 N–H and O–H groups in total. The number of carbonyl (C=O) groups excluding carboxylic acids is 3. The molecule has 0 aromatic heterocycles. The van der Waals surface area contributed by atoms with Crippen LogP contribution in [0.1, 0.15) is 18.1 Å². The minimum absolute atomic E-state index is 0.0607. The average Bonchev–Trinajstić information content (AvgIpc) is 2.64. The lowest BCUT2D eigenvalue weighted by molar-refractivity contribution is -0.896. The number of anilines is 1. The van der Waals surface area contributed by atoms with Gasteiger partial charge in [0, 0.05) is 5.69 Å². The van der Waals surface area contributed by atoms with Crippen LogP contribution in [-0.4, -0.2) is 68.7 Å². The molecule has 8 heteroatoms. The van der Waals surface area contributed by atoms with Gasteiger partial charge in [0.25, 0.3) is 5.91 Å². The van der Waals surface area contributed by atoms with Crippen molar-refractivity contribution in [2.24, 2.45) is 0 Å². The maximum absolute atomic E-state index is 12.1. The molecule has 0 bridgehead atoms. The van der Waals surface area contributed by atoms with Crippen molar-refractivity contribution in [1.82, 2.24) is 10.2 Å². The number of hydrogen-bond acceptors (Lipinski definition) is 4. The predicted octanol–water partition coefficient (Wildman–Crippen LogP) is -0.285. The summed E-state index contributed by atoms with van der Waals surface area (Å²) in [4.78, 5) is 38.6. The Kier molecular flexibility index (Phi) is 7.60. The first kappa shape index (κ1) is 20.7. The van der Waals surface area contributed by atoms with E-state index in [1.54, 1.807) is 11.8 Å². The molecule has 2 rings (SSSR count). The molecule has 0 radical (unpaired) electrons. The van der Waals surface area contributed by atoms with E-state index in [9.17, 15) is 14.4 Å². The van der Waals surface area contributed by atoms with Crippen LogP contribution >= 0.6 is 0 Å². The van der Waals surface area contributed by atoms with Crippen LogP contribution in [-0.2, 0) is 14.3 Å². The van der Waals surface area contributed by atoms with Crippen molar-refractivity contribution in [2.45, 2.75) is 20.8 Å². The van der Waals surface area contributed by atoms with Gasteiger partial charge in [-0.3, -0.25) is 14.5 Å². The Hall–Kier alpha value is -2.61. The van der Waals surface area contributed by atoms with Crippen molar-refractivity contribution in [1.29, 1.82) is 0 Å². The second-order valence-corrected chi connectivity index (χ2v) is 6.70. The van der Waals surface area contributed by atoms with Gasteiger partial charge in [0.05, 0.1) is 39.3 Å². The van der Waals surface area contributed by atoms with Crippen LogP contribution in [0.4, 0.5) is 10.5 Å². The lowest BCUT2D eigenvalue weighted by Gasteiger charge is -2.31. The summed E-state index contributed by atoms with van der Waals surface area (Å²) >= 11 is 0. The molecule has 1 fully saturated rings. The Morgan fingerprint density at radius 3 is 2.33 bits per heavy atom. The quantitative estimate of drug-likeness (QED) is 0.636. The zero-order valence-electron chi connectivity index (χ0n) is 16.3. The standard InChI is InChI=1S/C19H28N4O4/c1-4-27-19(26)23-10-8-22(9-11-23)13-17(25)20-12-16(24)21-18-14(2)6-5-7-15(18)3/h5-7H,4,8-13H2,1-3H3,(H,20,25)(H,21,24)/p+1. The van der Waals surface area contributed by atoms with E-state index in [0.29, 0.717) is 32.8 Å². The summed E-state index contributed by atoms with van der Waals surface area (Å²) in [6, 6.07) is 5.80. The highest BCUT2D eigenvalue weighted by atomic mass is 16.6. The lowest BCUT2D eigenvalue weighted by atomic mass is 10.1. The van der Waals surface area contributed by atoms with E-state index in [1.807, 2.05) is 32.0 Å². The van der Waals surface area contributed by atoms with Crippen LogP contribution in [0.5, 0.6) is 0 Å². The summed E-state index contributed by atoms with van der Waals surface area (Å²) in [5, 5.41) is 5.52. The van der Waals surface area contributed by atoms with Crippen LogP contribution in [0.25, 0.3) is 0 Å². The normalized spacial score (nSPS) is 14.6. The number of benzene rings is 1. The largest absolute Gasteiger partial charge is 0.450 e. The Bertz CT molecular complexity index is 664. The summed E-state index contributed by atoms with van der Waals surface area (Å²) < 4.78 is 4.98. The number of hydrogen-bond donors (Lipinski definition) is 3. The maximum Gasteiger partial charge on any atom is 0.410 e. The number of carbonyl (C=O) groups is 3. The maximum atomic E-state index is 12.1. The van der Waals surface area contributed by atoms with Gasteiger partial charge in [-0.25, -0.2) is 4.79 Å². The number of piperazine rings is 1. The third-order valence-electron chi connectivity index (χ3n) is 4.60. The summed E-state index contributed by atoms with van der Waals surface area (Å²) in [6.07, 6.45) is -0.302. The van der Waals surface area contributed by atoms with Gasteiger partial charge in [-0.15, -0.1) is 0 Å². The zero-order valence-corrected chi connectivity index (χ0v) is 16.3. The SMILES string of the molecule is CCOC(=O)N1CC[NH+](CC(=O)NCC(=O)Nc2c(C)cccc2C)CC1. The van der Waals surface area contributed by atoms with Gasteiger partial charge >= 0.3 is 6.09 Å².